The van der Waals surface area contributed by atoms with Crippen molar-refractivity contribution in [2.24, 2.45) is 0 Å². The fourth-order valence-corrected chi connectivity index (χ4v) is 3.26. The minimum Gasteiger partial charge on any atom is -0.323 e. The Hall–Kier alpha value is -3.23. The number of halogens is 1. The van der Waals surface area contributed by atoms with E-state index in [4.69, 9.17) is 11.6 Å². The summed E-state index contributed by atoms with van der Waals surface area (Å²) in [5.74, 6) is -0.367. The number of anilines is 2. The first-order valence-electron chi connectivity index (χ1n) is 8.07. The molecule has 28 heavy (non-hydrogen) atoms. The molecule has 2 aromatic carbocycles. The Morgan fingerprint density at radius 3 is 2.25 bits per heavy atom. The number of carbonyl (C=O) groups is 1. The Balaban J connectivity index is 1.63. The zero-order valence-corrected chi connectivity index (χ0v) is 16.0. The van der Waals surface area contributed by atoms with Gasteiger partial charge in [0.2, 0.25) is 11.9 Å². The van der Waals surface area contributed by atoms with Crippen molar-refractivity contribution in [1.82, 2.24) is 9.97 Å². The zero-order valence-electron chi connectivity index (χ0n) is 14.4. The number of hydrogen-bond acceptors (Lipinski definition) is 5. The fourth-order valence-electron chi connectivity index (χ4n) is 2.18. The lowest BCUT2D eigenvalue weighted by molar-refractivity contribution is -0.111. The molecule has 2 N–H and O–H groups in total. The van der Waals surface area contributed by atoms with E-state index < -0.39 is 10.0 Å². The second-order valence-electron chi connectivity index (χ2n) is 5.58. The number of amides is 1. The van der Waals surface area contributed by atoms with Gasteiger partial charge in [0.05, 0.1) is 4.90 Å². The number of aromatic nitrogens is 2. The van der Waals surface area contributed by atoms with Crippen LogP contribution in [0.25, 0.3) is 6.08 Å². The van der Waals surface area contributed by atoms with Crippen LogP contribution in [0.5, 0.6) is 0 Å². The topological polar surface area (TPSA) is 101 Å². The highest BCUT2D eigenvalue weighted by Gasteiger charge is 2.15. The molecule has 7 nitrogen and oxygen atoms in total. The number of nitrogens with zero attached hydrogens (tertiary/aromatic N) is 2. The molecule has 0 aliphatic rings. The summed E-state index contributed by atoms with van der Waals surface area (Å²) >= 11 is 5.81. The molecule has 0 radical (unpaired) electrons. The molecular formula is C19H15ClN4O3S. The van der Waals surface area contributed by atoms with Gasteiger partial charge >= 0.3 is 0 Å². The standard InChI is InChI=1S/C19H15ClN4O3S/c20-15-5-2-14(3-6-15)4-11-18(25)23-16-7-9-17(10-8-16)28(26,27)24-19-21-12-1-13-22-19/h1-13H,(H,23,25)(H,21,22,24). The molecule has 142 valence electrons. The third-order valence-electron chi connectivity index (χ3n) is 3.52. The molecule has 9 heteroatoms. The summed E-state index contributed by atoms with van der Waals surface area (Å²) in [4.78, 5) is 19.7. The minimum absolute atomic E-state index is 0.0211. The molecule has 3 aromatic rings. The lowest BCUT2D eigenvalue weighted by Crippen LogP contribution is -2.15. The van der Waals surface area contributed by atoms with Gasteiger partial charge in [0.25, 0.3) is 10.0 Å². The highest BCUT2D eigenvalue weighted by atomic mass is 35.5. The second-order valence-corrected chi connectivity index (χ2v) is 7.70. The maximum absolute atomic E-state index is 12.3. The maximum Gasteiger partial charge on any atom is 0.264 e. The molecule has 0 unspecified atom stereocenters. The highest BCUT2D eigenvalue weighted by molar-refractivity contribution is 7.92. The smallest absolute Gasteiger partial charge is 0.264 e. The molecule has 0 aliphatic heterocycles. The number of sulfonamides is 1. The Morgan fingerprint density at radius 1 is 0.964 bits per heavy atom. The highest BCUT2D eigenvalue weighted by Crippen LogP contribution is 2.16. The van der Waals surface area contributed by atoms with Crippen LogP contribution in [0.3, 0.4) is 0 Å². The normalized spacial score (nSPS) is 11.3. The number of nitrogens with one attached hydrogen (secondary N) is 2. The van der Waals surface area contributed by atoms with Gasteiger partial charge in [0, 0.05) is 29.2 Å². The quantitative estimate of drug-likeness (QED) is 0.600. The Bertz CT molecular complexity index is 1080. The van der Waals surface area contributed by atoms with Gasteiger partial charge in [-0.05, 0) is 54.1 Å². The third-order valence-corrected chi connectivity index (χ3v) is 5.12. The van der Waals surface area contributed by atoms with E-state index in [9.17, 15) is 13.2 Å². The molecule has 0 fully saturated rings. The van der Waals surface area contributed by atoms with Crippen molar-refractivity contribution in [2.45, 2.75) is 4.90 Å². The van der Waals surface area contributed by atoms with E-state index in [1.807, 2.05) is 0 Å². The molecule has 1 heterocycles. The van der Waals surface area contributed by atoms with Crippen molar-refractivity contribution in [3.63, 3.8) is 0 Å². The predicted molar refractivity (Wildman–Crippen MR) is 108 cm³/mol. The molecular weight excluding hydrogens is 400 g/mol. The van der Waals surface area contributed by atoms with Crippen LogP contribution in [0.4, 0.5) is 11.6 Å². The minimum atomic E-state index is -3.82. The molecule has 0 saturated carbocycles. The molecule has 1 aromatic heterocycles. The molecule has 0 spiro atoms. The van der Waals surface area contributed by atoms with E-state index >= 15 is 0 Å². The van der Waals surface area contributed by atoms with Crippen molar-refractivity contribution in [3.05, 3.63) is 83.7 Å². The molecule has 0 atom stereocenters. The van der Waals surface area contributed by atoms with Crippen LogP contribution < -0.4 is 10.0 Å². The van der Waals surface area contributed by atoms with Crippen molar-refractivity contribution in [2.75, 3.05) is 10.0 Å². The van der Waals surface area contributed by atoms with Gasteiger partial charge in [-0.3, -0.25) is 4.79 Å². The SMILES string of the molecule is O=C(C=Cc1ccc(Cl)cc1)Nc1ccc(S(=O)(=O)Nc2ncccn2)cc1. The van der Waals surface area contributed by atoms with E-state index in [1.165, 1.54) is 42.7 Å². The third kappa shape index (κ3) is 5.38. The molecule has 0 saturated heterocycles. The molecule has 1 amide bonds. The van der Waals surface area contributed by atoms with E-state index in [2.05, 4.69) is 20.0 Å². The molecule has 0 aliphatic carbocycles. The van der Waals surface area contributed by atoms with Gasteiger partial charge in [-0.1, -0.05) is 23.7 Å². The van der Waals surface area contributed by atoms with E-state index in [-0.39, 0.29) is 16.8 Å². The van der Waals surface area contributed by atoms with Crippen molar-refractivity contribution < 1.29 is 13.2 Å². The molecule has 3 rings (SSSR count). The zero-order chi connectivity index (χ0) is 20.0. The first-order chi connectivity index (χ1) is 13.4. The summed E-state index contributed by atoms with van der Waals surface area (Å²) < 4.78 is 26.9. The van der Waals surface area contributed by atoms with Crippen LogP contribution in [-0.2, 0) is 14.8 Å². The van der Waals surface area contributed by atoms with Crippen LogP contribution in [0.15, 0.2) is 78.0 Å². The predicted octanol–water partition coefficient (Wildman–Crippen LogP) is 3.58. The van der Waals surface area contributed by atoms with Crippen LogP contribution in [-0.4, -0.2) is 24.3 Å². The summed E-state index contributed by atoms with van der Waals surface area (Å²) in [7, 11) is -3.82. The largest absolute Gasteiger partial charge is 0.323 e. The second kappa shape index (κ2) is 8.64. The van der Waals surface area contributed by atoms with Crippen LogP contribution >= 0.6 is 11.6 Å². The van der Waals surface area contributed by atoms with Crippen LogP contribution in [0.2, 0.25) is 5.02 Å². The van der Waals surface area contributed by atoms with Crippen molar-refractivity contribution in [3.8, 4) is 0 Å². The van der Waals surface area contributed by atoms with Crippen molar-refractivity contribution >= 4 is 45.2 Å². The van der Waals surface area contributed by atoms with Gasteiger partial charge < -0.3 is 5.32 Å². The first-order valence-corrected chi connectivity index (χ1v) is 9.93. The van der Waals surface area contributed by atoms with Gasteiger partial charge in [0.15, 0.2) is 0 Å². The van der Waals surface area contributed by atoms with Crippen LogP contribution in [0.1, 0.15) is 5.56 Å². The summed E-state index contributed by atoms with van der Waals surface area (Å²) in [6.07, 6.45) is 5.89. The Labute approximate surface area is 167 Å². The van der Waals surface area contributed by atoms with Gasteiger partial charge in [-0.25, -0.2) is 23.1 Å². The van der Waals surface area contributed by atoms with Gasteiger partial charge in [0.1, 0.15) is 0 Å². The Morgan fingerprint density at radius 2 is 1.61 bits per heavy atom. The fraction of sp³-hybridized carbons (Fsp3) is 0. The lowest BCUT2D eigenvalue weighted by atomic mass is 10.2. The Kier molecular flexibility index (Phi) is 6.03. The van der Waals surface area contributed by atoms with E-state index in [1.54, 1.807) is 36.4 Å². The van der Waals surface area contributed by atoms with Gasteiger partial charge in [-0.2, -0.15) is 0 Å². The summed E-state index contributed by atoms with van der Waals surface area (Å²) in [6, 6.07) is 14.4. The number of benzene rings is 2. The van der Waals surface area contributed by atoms with Crippen molar-refractivity contribution in [1.29, 1.82) is 0 Å². The first kappa shape index (κ1) is 19.5. The number of hydrogen-bond donors (Lipinski definition) is 2. The number of carbonyl (C=O) groups excluding carboxylic acids is 1. The van der Waals surface area contributed by atoms with E-state index in [0.29, 0.717) is 10.7 Å². The average Bonchev–Trinajstić information content (AvgIpc) is 2.68. The average molecular weight is 415 g/mol. The number of rotatable bonds is 6. The maximum atomic E-state index is 12.3. The van der Waals surface area contributed by atoms with Gasteiger partial charge in [-0.15, -0.1) is 0 Å². The summed E-state index contributed by atoms with van der Waals surface area (Å²) in [5.41, 5.74) is 1.29. The monoisotopic (exact) mass is 414 g/mol. The lowest BCUT2D eigenvalue weighted by Gasteiger charge is -2.07. The van der Waals surface area contributed by atoms with E-state index in [0.717, 1.165) is 5.56 Å². The molecule has 0 bridgehead atoms. The van der Waals surface area contributed by atoms with Crippen LogP contribution in [0, 0.1) is 0 Å². The summed E-state index contributed by atoms with van der Waals surface area (Å²) in [6.45, 7) is 0. The summed E-state index contributed by atoms with van der Waals surface area (Å²) in [5, 5.41) is 3.28.